The lowest BCUT2D eigenvalue weighted by Gasteiger charge is -2.27. The van der Waals surface area contributed by atoms with Crippen molar-refractivity contribution in [1.82, 2.24) is 5.32 Å². The first-order valence-electron chi connectivity index (χ1n) is 5.52. The summed E-state index contributed by atoms with van der Waals surface area (Å²) in [4.78, 5) is 0. The third-order valence-corrected chi connectivity index (χ3v) is 4.39. The number of sulfone groups is 1. The molecule has 0 radical (unpaired) electrons. The van der Waals surface area contributed by atoms with Crippen LogP contribution in [0.15, 0.2) is 0 Å². The molecule has 92 valence electrons. The summed E-state index contributed by atoms with van der Waals surface area (Å²) < 4.78 is 23.2. The zero-order valence-corrected chi connectivity index (χ0v) is 11.6. The average Bonchev–Trinajstić information content (AvgIpc) is 1.99. The Hall–Kier alpha value is -0.0900. The molecule has 2 atom stereocenters. The average molecular weight is 235 g/mol. The molecule has 0 aliphatic rings. The van der Waals surface area contributed by atoms with Crippen LogP contribution in [0, 0.1) is 5.92 Å². The van der Waals surface area contributed by atoms with Gasteiger partial charge in [-0.25, -0.2) is 8.42 Å². The fraction of sp³-hybridized carbons (Fsp3) is 1.00. The Morgan fingerprint density at radius 3 is 2.00 bits per heavy atom. The van der Waals surface area contributed by atoms with Gasteiger partial charge in [0.1, 0.15) is 0 Å². The molecule has 0 rings (SSSR count). The molecule has 0 aromatic rings. The van der Waals surface area contributed by atoms with Crippen LogP contribution >= 0.6 is 0 Å². The van der Waals surface area contributed by atoms with Gasteiger partial charge in [0, 0.05) is 18.3 Å². The van der Waals surface area contributed by atoms with Gasteiger partial charge in [-0.15, -0.1) is 0 Å². The lowest BCUT2D eigenvalue weighted by Crippen LogP contribution is -2.45. The summed E-state index contributed by atoms with van der Waals surface area (Å²) in [5.41, 5.74) is -0.0313. The van der Waals surface area contributed by atoms with Crippen LogP contribution in [0.4, 0.5) is 0 Å². The third-order valence-electron chi connectivity index (χ3n) is 2.66. The second kappa shape index (κ2) is 5.30. The second-order valence-corrected chi connectivity index (χ2v) is 7.65. The molecule has 3 nitrogen and oxygen atoms in total. The largest absolute Gasteiger partial charge is 0.311 e. The van der Waals surface area contributed by atoms with E-state index in [1.807, 2.05) is 34.6 Å². The van der Waals surface area contributed by atoms with Crippen molar-refractivity contribution >= 4 is 9.84 Å². The molecule has 0 saturated carbocycles. The summed E-state index contributed by atoms with van der Waals surface area (Å²) in [5, 5.41) is 2.99. The quantitative estimate of drug-likeness (QED) is 0.791. The number of rotatable bonds is 5. The van der Waals surface area contributed by atoms with E-state index in [4.69, 9.17) is 0 Å². The highest BCUT2D eigenvalue weighted by atomic mass is 32.2. The van der Waals surface area contributed by atoms with E-state index >= 15 is 0 Å². The van der Waals surface area contributed by atoms with Crippen LogP contribution in [0.25, 0.3) is 0 Å². The van der Waals surface area contributed by atoms with Crippen molar-refractivity contribution in [3.8, 4) is 0 Å². The van der Waals surface area contributed by atoms with Crippen LogP contribution in [-0.2, 0) is 9.84 Å². The molecule has 4 heteroatoms. The molecule has 0 heterocycles. The fourth-order valence-corrected chi connectivity index (χ4v) is 2.87. The highest BCUT2D eigenvalue weighted by Gasteiger charge is 2.27. The van der Waals surface area contributed by atoms with Crippen molar-refractivity contribution in [2.45, 2.75) is 51.8 Å². The van der Waals surface area contributed by atoms with E-state index in [1.54, 1.807) is 0 Å². The normalized spacial score (nSPS) is 17.5. The highest BCUT2D eigenvalue weighted by molar-refractivity contribution is 7.91. The molecule has 0 fully saturated rings. The van der Waals surface area contributed by atoms with Crippen LogP contribution in [0.5, 0.6) is 0 Å². The highest BCUT2D eigenvalue weighted by Crippen LogP contribution is 2.15. The van der Waals surface area contributed by atoms with E-state index in [9.17, 15) is 8.42 Å². The van der Waals surface area contributed by atoms with Crippen molar-refractivity contribution in [2.75, 3.05) is 12.8 Å². The lowest BCUT2D eigenvalue weighted by atomic mass is 10.0. The minimum Gasteiger partial charge on any atom is -0.311 e. The van der Waals surface area contributed by atoms with Crippen molar-refractivity contribution < 1.29 is 8.42 Å². The fourth-order valence-electron chi connectivity index (χ4n) is 1.44. The van der Waals surface area contributed by atoms with Gasteiger partial charge >= 0.3 is 0 Å². The van der Waals surface area contributed by atoms with Gasteiger partial charge in [0.15, 0.2) is 9.84 Å². The summed E-state index contributed by atoms with van der Waals surface area (Å²) in [6.07, 6.45) is 2.22. The first kappa shape index (κ1) is 14.9. The van der Waals surface area contributed by atoms with Gasteiger partial charge in [-0.2, -0.15) is 0 Å². The monoisotopic (exact) mass is 235 g/mol. The van der Waals surface area contributed by atoms with E-state index in [2.05, 4.69) is 5.32 Å². The predicted molar refractivity (Wildman–Crippen MR) is 65.8 cm³/mol. The molecule has 0 aliphatic carbocycles. The van der Waals surface area contributed by atoms with Crippen LogP contribution < -0.4 is 5.32 Å². The van der Waals surface area contributed by atoms with Crippen LogP contribution in [0.1, 0.15) is 41.0 Å². The Morgan fingerprint density at radius 2 is 1.73 bits per heavy atom. The molecule has 0 saturated heterocycles. The Bertz CT molecular complexity index is 277. The molecular weight excluding hydrogens is 210 g/mol. The van der Waals surface area contributed by atoms with Gasteiger partial charge in [0.2, 0.25) is 0 Å². The van der Waals surface area contributed by atoms with E-state index in [1.165, 1.54) is 6.26 Å². The Balaban J connectivity index is 4.55. The first-order chi connectivity index (χ1) is 6.58. The molecule has 0 spiro atoms. The third kappa shape index (κ3) is 6.15. The first-order valence-corrected chi connectivity index (χ1v) is 7.47. The van der Waals surface area contributed by atoms with Crippen molar-refractivity contribution in [1.29, 1.82) is 0 Å². The molecule has 2 unspecified atom stereocenters. The van der Waals surface area contributed by atoms with Crippen LogP contribution in [0.3, 0.4) is 0 Å². The second-order valence-electron chi connectivity index (χ2n) is 5.38. The van der Waals surface area contributed by atoms with E-state index in [-0.39, 0.29) is 16.7 Å². The minimum atomic E-state index is -2.96. The summed E-state index contributed by atoms with van der Waals surface area (Å²) in [5.74, 6) is 0.204. The zero-order valence-electron chi connectivity index (χ0n) is 10.8. The molecular formula is C11H25NO2S. The van der Waals surface area contributed by atoms with Gasteiger partial charge in [-0.05, 0) is 26.7 Å². The van der Waals surface area contributed by atoms with Gasteiger partial charge in [-0.1, -0.05) is 20.3 Å². The molecule has 0 aliphatic heterocycles. The SMILES string of the molecule is CCC(C)C(CNC(C)(C)C)S(C)(=O)=O. The smallest absolute Gasteiger partial charge is 0.151 e. The van der Waals surface area contributed by atoms with E-state index in [0.29, 0.717) is 6.54 Å². The summed E-state index contributed by atoms with van der Waals surface area (Å²) in [6.45, 7) is 10.7. The van der Waals surface area contributed by atoms with Crippen molar-refractivity contribution in [3.63, 3.8) is 0 Å². The summed E-state index contributed by atoms with van der Waals surface area (Å²) in [7, 11) is -2.96. The van der Waals surface area contributed by atoms with Gasteiger partial charge in [0.25, 0.3) is 0 Å². The van der Waals surface area contributed by atoms with E-state index in [0.717, 1.165) is 6.42 Å². The Morgan fingerprint density at radius 1 is 1.27 bits per heavy atom. The number of hydrogen-bond donors (Lipinski definition) is 1. The molecule has 0 aromatic heterocycles. The molecule has 0 bridgehead atoms. The lowest BCUT2D eigenvalue weighted by molar-refractivity contribution is 0.389. The maximum Gasteiger partial charge on any atom is 0.151 e. The number of nitrogens with one attached hydrogen (secondary N) is 1. The number of hydrogen-bond acceptors (Lipinski definition) is 3. The van der Waals surface area contributed by atoms with Gasteiger partial charge in [0.05, 0.1) is 5.25 Å². The van der Waals surface area contributed by atoms with Crippen LogP contribution in [0.2, 0.25) is 0 Å². The summed E-state index contributed by atoms with van der Waals surface area (Å²) >= 11 is 0. The maximum absolute atomic E-state index is 11.6. The van der Waals surface area contributed by atoms with Crippen molar-refractivity contribution in [2.24, 2.45) is 5.92 Å². The molecule has 1 N–H and O–H groups in total. The molecule has 15 heavy (non-hydrogen) atoms. The standard InChI is InChI=1S/C11H25NO2S/c1-7-9(2)10(15(6,13)14)8-12-11(3,4)5/h9-10,12H,7-8H2,1-6H3. The Labute approximate surface area is 94.6 Å². The van der Waals surface area contributed by atoms with E-state index < -0.39 is 9.84 Å². The Kier molecular flexibility index (Phi) is 5.27. The van der Waals surface area contributed by atoms with Gasteiger partial charge in [-0.3, -0.25) is 0 Å². The predicted octanol–water partition coefficient (Wildman–Crippen LogP) is 1.83. The minimum absolute atomic E-state index is 0.0313. The molecule has 0 amide bonds. The summed E-state index contributed by atoms with van der Waals surface area (Å²) in [6, 6.07) is 0. The molecule has 0 aromatic carbocycles. The zero-order chi connectivity index (χ0) is 12.3. The van der Waals surface area contributed by atoms with Gasteiger partial charge < -0.3 is 5.32 Å². The topological polar surface area (TPSA) is 46.2 Å². The maximum atomic E-state index is 11.6. The van der Waals surface area contributed by atoms with Crippen molar-refractivity contribution in [3.05, 3.63) is 0 Å². The van der Waals surface area contributed by atoms with Crippen LogP contribution in [-0.4, -0.2) is 32.0 Å².